The van der Waals surface area contributed by atoms with Crippen LogP contribution in [-0.2, 0) is 0 Å². The highest BCUT2D eigenvalue weighted by molar-refractivity contribution is 6.30. The lowest BCUT2D eigenvalue weighted by Crippen LogP contribution is -1.95. The van der Waals surface area contributed by atoms with E-state index < -0.39 is 0 Å². The number of aromatic nitrogens is 2. The summed E-state index contributed by atoms with van der Waals surface area (Å²) < 4.78 is 4.84. The van der Waals surface area contributed by atoms with Crippen LogP contribution in [0.15, 0.2) is 218 Å². The van der Waals surface area contributed by atoms with Crippen LogP contribution >= 0.6 is 0 Å². The van der Waals surface area contributed by atoms with Crippen molar-refractivity contribution in [2.75, 3.05) is 0 Å². The van der Waals surface area contributed by atoms with Crippen LogP contribution in [0.4, 0.5) is 0 Å². The number of nitrogens with zero attached hydrogens (tertiary/aromatic N) is 2. The Kier molecular flexibility index (Phi) is 7.05. The first-order valence-corrected chi connectivity index (χ1v) is 20.8. The first-order valence-electron chi connectivity index (χ1n) is 20.8. The Bertz CT molecular complexity index is 3880. The summed E-state index contributed by atoms with van der Waals surface area (Å²) in [7, 11) is 0. The number of rotatable bonds is 4. The minimum Gasteiger partial charge on any atom is -0.309 e. The Morgan fingerprint density at radius 3 is 1.55 bits per heavy atom. The summed E-state index contributed by atoms with van der Waals surface area (Å²) in [4.78, 5) is 0. The zero-order valence-electron chi connectivity index (χ0n) is 32.7. The van der Waals surface area contributed by atoms with Gasteiger partial charge in [0.2, 0.25) is 0 Å². The van der Waals surface area contributed by atoms with E-state index in [-0.39, 0.29) is 0 Å². The van der Waals surface area contributed by atoms with Gasteiger partial charge in [-0.25, -0.2) is 0 Å². The minimum absolute atomic E-state index is 1.14. The van der Waals surface area contributed by atoms with Gasteiger partial charge in [-0.2, -0.15) is 0 Å². The monoisotopic (exact) mass is 760 g/mol. The van der Waals surface area contributed by atoms with E-state index in [2.05, 4.69) is 228 Å². The molecule has 0 N–H and O–H groups in total. The molecule has 13 rings (SSSR count). The predicted molar refractivity (Wildman–Crippen MR) is 256 cm³/mol. The molecule has 0 aliphatic carbocycles. The standard InChI is InChI=1S/C58H36N2/c1-2-16-43(17-3-1)59-54-24-11-9-22-48(54)52-34-39(29-32-55(52)59)40-28-30-49-47-21-8-10-23-53(47)60(56(49)36-40)44-18-12-15-41(33-44)51-35-42-26-25-37-13-4-6-19-45(37)57(42)58-46-20-7-5-14-38(46)27-31-50(51)58/h1-36H. The lowest BCUT2D eigenvalue weighted by molar-refractivity contribution is 1.18. The van der Waals surface area contributed by atoms with E-state index in [0.29, 0.717) is 0 Å². The maximum Gasteiger partial charge on any atom is 0.0547 e. The zero-order valence-corrected chi connectivity index (χ0v) is 32.7. The highest BCUT2D eigenvalue weighted by Gasteiger charge is 2.18. The van der Waals surface area contributed by atoms with Crippen molar-refractivity contribution in [2.45, 2.75) is 0 Å². The third-order valence-corrected chi connectivity index (χ3v) is 12.8. The van der Waals surface area contributed by atoms with Crippen molar-refractivity contribution in [3.05, 3.63) is 218 Å². The van der Waals surface area contributed by atoms with Crippen LogP contribution in [0.5, 0.6) is 0 Å². The average molecular weight is 761 g/mol. The van der Waals surface area contributed by atoms with Gasteiger partial charge in [0.25, 0.3) is 0 Å². The van der Waals surface area contributed by atoms with Gasteiger partial charge in [-0.3, -0.25) is 0 Å². The minimum atomic E-state index is 1.14. The molecular weight excluding hydrogens is 725 g/mol. The van der Waals surface area contributed by atoms with E-state index >= 15 is 0 Å². The average Bonchev–Trinajstić information content (AvgIpc) is 3.83. The van der Waals surface area contributed by atoms with Crippen molar-refractivity contribution in [1.29, 1.82) is 0 Å². The molecule has 60 heavy (non-hydrogen) atoms. The number of fused-ring (bicyclic) bond motifs is 13. The van der Waals surface area contributed by atoms with E-state index in [1.165, 1.54) is 115 Å². The first-order chi connectivity index (χ1) is 29.8. The van der Waals surface area contributed by atoms with Gasteiger partial charge in [-0.05, 0) is 126 Å². The Balaban J connectivity index is 1.02. The molecule has 0 saturated carbocycles. The summed E-state index contributed by atoms with van der Waals surface area (Å²) in [6, 6.07) is 80.6. The normalized spacial score (nSPS) is 12.0. The third kappa shape index (κ3) is 4.82. The maximum atomic E-state index is 2.46. The van der Waals surface area contributed by atoms with Crippen LogP contribution in [0.3, 0.4) is 0 Å². The summed E-state index contributed by atoms with van der Waals surface area (Å²) in [6.07, 6.45) is 0. The lowest BCUT2D eigenvalue weighted by atomic mass is 9.88. The molecule has 0 spiro atoms. The highest BCUT2D eigenvalue weighted by Crippen LogP contribution is 2.43. The smallest absolute Gasteiger partial charge is 0.0547 e. The molecule has 0 saturated heterocycles. The van der Waals surface area contributed by atoms with Gasteiger partial charge >= 0.3 is 0 Å². The molecule has 0 bridgehead atoms. The molecule has 0 aliphatic heterocycles. The van der Waals surface area contributed by atoms with Gasteiger partial charge < -0.3 is 9.13 Å². The third-order valence-electron chi connectivity index (χ3n) is 12.8. The molecule has 278 valence electrons. The van der Waals surface area contributed by atoms with Gasteiger partial charge in [0.15, 0.2) is 0 Å². The van der Waals surface area contributed by atoms with Gasteiger partial charge in [-0.15, -0.1) is 0 Å². The number of hydrogen-bond donors (Lipinski definition) is 0. The summed E-state index contributed by atoms with van der Waals surface area (Å²) in [6.45, 7) is 0. The summed E-state index contributed by atoms with van der Waals surface area (Å²) >= 11 is 0. The summed E-state index contributed by atoms with van der Waals surface area (Å²) in [5, 5.41) is 15.3. The molecule has 0 atom stereocenters. The van der Waals surface area contributed by atoms with Crippen LogP contribution in [0.25, 0.3) is 120 Å². The van der Waals surface area contributed by atoms with Crippen molar-refractivity contribution in [3.8, 4) is 33.6 Å². The molecule has 2 aromatic heterocycles. The largest absolute Gasteiger partial charge is 0.309 e. The second kappa shape index (κ2) is 12.8. The molecule has 13 aromatic rings. The number of para-hydroxylation sites is 3. The fourth-order valence-electron chi connectivity index (χ4n) is 10.2. The summed E-state index contributed by atoms with van der Waals surface area (Å²) in [5.74, 6) is 0. The van der Waals surface area contributed by atoms with Crippen LogP contribution < -0.4 is 0 Å². The Morgan fingerprint density at radius 2 is 0.767 bits per heavy atom. The van der Waals surface area contributed by atoms with Crippen molar-refractivity contribution >= 4 is 86.7 Å². The van der Waals surface area contributed by atoms with E-state index in [4.69, 9.17) is 0 Å². The second-order valence-corrected chi connectivity index (χ2v) is 16.1. The topological polar surface area (TPSA) is 9.86 Å². The Labute approximate surface area is 346 Å². The lowest BCUT2D eigenvalue weighted by Gasteiger charge is -2.16. The van der Waals surface area contributed by atoms with E-state index in [1.807, 2.05) is 0 Å². The van der Waals surface area contributed by atoms with Gasteiger partial charge in [-0.1, -0.05) is 158 Å². The van der Waals surface area contributed by atoms with E-state index in [9.17, 15) is 0 Å². The molecular formula is C58H36N2. The zero-order chi connectivity index (χ0) is 39.3. The van der Waals surface area contributed by atoms with Crippen LogP contribution in [0, 0.1) is 0 Å². The molecule has 2 heterocycles. The molecule has 0 aliphatic rings. The van der Waals surface area contributed by atoms with Crippen molar-refractivity contribution in [1.82, 2.24) is 9.13 Å². The molecule has 2 nitrogen and oxygen atoms in total. The Hall–Kier alpha value is -7.94. The fourth-order valence-corrected chi connectivity index (χ4v) is 10.2. The SMILES string of the molecule is c1ccc(-n2c3ccccc3c3cc(-c4ccc5c6ccccc6n(-c6cccc(-c7cc8ccc9ccccc9c8c8c7ccc7ccccc78)c6)c5c4)ccc32)cc1. The number of benzene rings is 11. The van der Waals surface area contributed by atoms with Crippen molar-refractivity contribution in [2.24, 2.45) is 0 Å². The summed E-state index contributed by atoms with van der Waals surface area (Å²) in [5.41, 5.74) is 12.0. The van der Waals surface area contributed by atoms with Crippen LogP contribution in [0.1, 0.15) is 0 Å². The molecule has 0 unspecified atom stereocenters. The van der Waals surface area contributed by atoms with Crippen LogP contribution in [0.2, 0.25) is 0 Å². The second-order valence-electron chi connectivity index (χ2n) is 16.1. The Morgan fingerprint density at radius 1 is 0.233 bits per heavy atom. The van der Waals surface area contributed by atoms with Crippen molar-refractivity contribution < 1.29 is 0 Å². The predicted octanol–water partition coefficient (Wildman–Crippen LogP) is 15.8. The fraction of sp³-hybridized carbons (Fsp3) is 0. The quantitative estimate of drug-likeness (QED) is 0.158. The van der Waals surface area contributed by atoms with E-state index in [0.717, 1.165) is 5.69 Å². The molecule has 2 heteroatoms. The van der Waals surface area contributed by atoms with Gasteiger partial charge in [0, 0.05) is 32.9 Å². The van der Waals surface area contributed by atoms with Gasteiger partial charge in [0.05, 0.1) is 22.1 Å². The maximum absolute atomic E-state index is 2.46. The van der Waals surface area contributed by atoms with Crippen LogP contribution in [-0.4, -0.2) is 9.13 Å². The molecule has 11 aromatic carbocycles. The van der Waals surface area contributed by atoms with Gasteiger partial charge in [0.1, 0.15) is 0 Å². The van der Waals surface area contributed by atoms with E-state index in [1.54, 1.807) is 0 Å². The molecule has 0 amide bonds. The van der Waals surface area contributed by atoms with Crippen molar-refractivity contribution in [3.63, 3.8) is 0 Å². The first kappa shape index (κ1) is 33.1. The molecule has 0 radical (unpaired) electrons. The number of hydrogen-bond acceptors (Lipinski definition) is 0. The molecule has 0 fully saturated rings. The highest BCUT2D eigenvalue weighted by atomic mass is 15.0.